The van der Waals surface area contributed by atoms with Crippen molar-refractivity contribution in [3.63, 3.8) is 0 Å². The van der Waals surface area contributed by atoms with Gasteiger partial charge in [0, 0.05) is 13.2 Å². The topological polar surface area (TPSA) is 264 Å². The normalized spacial score (nSPS) is 25.6. The predicted octanol–water partition coefficient (Wildman–Crippen LogP) is -2.42. The molecular formula is C10H17N2O15P3. The Hall–Kier alpha value is -1.03. The minimum atomic E-state index is -5.38. The molecule has 0 aromatic carbocycles. The Labute approximate surface area is 165 Å². The Kier molecular flexibility index (Phi) is 7.44. The molecule has 20 heteroatoms. The second-order valence-corrected chi connectivity index (χ2v) is 9.58. The average molecular weight is 498 g/mol. The number of aromatic nitrogens is 2. The van der Waals surface area contributed by atoms with Crippen LogP contribution >= 0.6 is 23.5 Å². The van der Waals surface area contributed by atoms with Gasteiger partial charge in [-0.25, -0.2) is 18.5 Å². The van der Waals surface area contributed by atoms with Crippen LogP contribution in [0, 0.1) is 0 Å². The van der Waals surface area contributed by atoms with E-state index in [1.165, 1.54) is 7.05 Å². The minimum Gasteiger partial charge on any atom is -0.362 e. The molecule has 4 atom stereocenters. The quantitative estimate of drug-likeness (QED) is 0.184. The van der Waals surface area contributed by atoms with Crippen LogP contribution < -0.4 is 11.2 Å². The van der Waals surface area contributed by atoms with Crippen LogP contribution in [0.5, 0.6) is 0 Å². The molecule has 1 aromatic rings. The Morgan fingerprint density at radius 3 is 2.03 bits per heavy atom. The number of ether oxygens (including phenoxy) is 1. The molecule has 1 fully saturated rings. The summed E-state index contributed by atoms with van der Waals surface area (Å²) >= 11 is 0. The number of hydrogen-bond donors (Lipinski definition) is 7. The summed E-state index contributed by atoms with van der Waals surface area (Å²) in [6.07, 6.45) is -6.80. The van der Waals surface area contributed by atoms with Crippen LogP contribution in [0.2, 0.25) is 0 Å². The monoisotopic (exact) mass is 498 g/mol. The fraction of sp³-hybridized carbons (Fsp3) is 0.600. The number of rotatable bonds is 8. The molecule has 2 heterocycles. The van der Waals surface area contributed by atoms with E-state index in [1.807, 2.05) is 4.98 Å². The molecule has 2 rings (SSSR count). The standard InChI is InChI=1S/C10H17N2O15P3/c1-12-2-4(9(13)11-10(12)14)6-8(27-30(21,22)23)7(26-29(18,19)20)5(25-6)3-24-28(15,16)17/h2,5-8H,3H2,1H3,(H,11,13,14)(H2,15,16,17)(H2,18,19,20)(H2,21,22,23)/t5-,6+,7-,8+/m1/s1. The summed E-state index contributed by atoms with van der Waals surface area (Å²) in [6, 6.07) is 0. The van der Waals surface area contributed by atoms with Crippen molar-refractivity contribution in [3.05, 3.63) is 32.6 Å². The van der Waals surface area contributed by atoms with E-state index in [-0.39, 0.29) is 0 Å². The van der Waals surface area contributed by atoms with E-state index in [9.17, 15) is 23.3 Å². The van der Waals surface area contributed by atoms with Crippen molar-refractivity contribution in [2.45, 2.75) is 24.4 Å². The highest BCUT2D eigenvalue weighted by atomic mass is 31.2. The van der Waals surface area contributed by atoms with Crippen molar-refractivity contribution >= 4 is 23.5 Å². The Bertz CT molecular complexity index is 1030. The summed E-state index contributed by atoms with van der Waals surface area (Å²) in [5, 5.41) is 0. The first-order valence-corrected chi connectivity index (χ1v) is 12.2. The molecule has 1 saturated heterocycles. The molecule has 1 aliphatic heterocycles. The SMILES string of the molecule is Cn1cc([C@@H]2O[C@H](COP(=O)(O)O)[C@@H](OP(=O)(O)O)[C@H]2OP(=O)(O)O)c(=O)[nH]c1=O. The molecule has 0 unspecified atom stereocenters. The summed E-state index contributed by atoms with van der Waals surface area (Å²) in [7, 11) is -14.7. The third-order valence-electron chi connectivity index (χ3n) is 3.68. The zero-order valence-electron chi connectivity index (χ0n) is 14.7. The van der Waals surface area contributed by atoms with E-state index in [1.54, 1.807) is 0 Å². The lowest BCUT2D eigenvalue weighted by Crippen LogP contribution is -2.38. The first-order valence-electron chi connectivity index (χ1n) is 7.60. The van der Waals surface area contributed by atoms with Crippen LogP contribution in [0.25, 0.3) is 0 Å². The molecule has 0 radical (unpaired) electrons. The van der Waals surface area contributed by atoms with Crippen LogP contribution in [-0.2, 0) is 39.1 Å². The van der Waals surface area contributed by atoms with Gasteiger partial charge in [-0.05, 0) is 0 Å². The Morgan fingerprint density at radius 1 is 1.00 bits per heavy atom. The number of phosphoric acid groups is 3. The molecule has 0 aliphatic carbocycles. The smallest absolute Gasteiger partial charge is 0.362 e. The number of nitrogens with zero attached hydrogens (tertiary/aromatic N) is 1. The van der Waals surface area contributed by atoms with Gasteiger partial charge in [-0.15, -0.1) is 0 Å². The second kappa shape index (κ2) is 8.84. The van der Waals surface area contributed by atoms with Gasteiger partial charge in [-0.3, -0.25) is 23.3 Å². The third-order valence-corrected chi connectivity index (χ3v) is 5.20. The number of aryl methyl sites for hydroxylation is 1. The fourth-order valence-corrected chi connectivity index (χ4v) is 4.09. The van der Waals surface area contributed by atoms with Crippen molar-refractivity contribution < 1.29 is 61.4 Å². The minimum absolute atomic E-state index is 0.464. The van der Waals surface area contributed by atoms with Gasteiger partial charge < -0.3 is 38.7 Å². The van der Waals surface area contributed by atoms with Crippen LogP contribution in [0.3, 0.4) is 0 Å². The van der Waals surface area contributed by atoms with Crippen LogP contribution in [-0.4, -0.2) is 63.8 Å². The van der Waals surface area contributed by atoms with E-state index in [4.69, 9.17) is 34.1 Å². The lowest BCUT2D eigenvalue weighted by Gasteiger charge is -2.24. The number of nitrogens with one attached hydrogen (secondary N) is 1. The molecule has 0 spiro atoms. The number of aromatic amines is 1. The van der Waals surface area contributed by atoms with Gasteiger partial charge in [-0.2, -0.15) is 0 Å². The highest BCUT2D eigenvalue weighted by Gasteiger charge is 2.53. The van der Waals surface area contributed by atoms with Gasteiger partial charge in [0.1, 0.15) is 24.4 Å². The Balaban J connectivity index is 2.55. The van der Waals surface area contributed by atoms with E-state index in [0.717, 1.165) is 10.8 Å². The van der Waals surface area contributed by atoms with Gasteiger partial charge in [0.15, 0.2) is 0 Å². The van der Waals surface area contributed by atoms with Crippen molar-refractivity contribution in [3.8, 4) is 0 Å². The summed E-state index contributed by atoms with van der Waals surface area (Å²) in [5.74, 6) is 0. The summed E-state index contributed by atoms with van der Waals surface area (Å²) < 4.78 is 52.9. The fourth-order valence-electron chi connectivity index (χ4n) is 2.63. The number of hydrogen-bond acceptors (Lipinski definition) is 9. The number of phosphoric ester groups is 3. The molecule has 0 amide bonds. The maximum atomic E-state index is 12.2. The van der Waals surface area contributed by atoms with Crippen molar-refractivity contribution in [1.29, 1.82) is 0 Å². The molecule has 1 aromatic heterocycles. The van der Waals surface area contributed by atoms with E-state index in [0.29, 0.717) is 0 Å². The maximum absolute atomic E-state index is 12.2. The molecular weight excluding hydrogens is 481 g/mol. The first kappa shape index (κ1) is 25.2. The molecule has 0 bridgehead atoms. The lowest BCUT2D eigenvalue weighted by molar-refractivity contribution is -0.0224. The lowest BCUT2D eigenvalue weighted by atomic mass is 10.0. The van der Waals surface area contributed by atoms with Crippen LogP contribution in [0.1, 0.15) is 11.7 Å². The van der Waals surface area contributed by atoms with E-state index >= 15 is 0 Å². The molecule has 1 aliphatic rings. The van der Waals surface area contributed by atoms with Gasteiger partial charge in [0.25, 0.3) is 5.56 Å². The number of H-pyrrole nitrogens is 1. The summed E-state index contributed by atoms with van der Waals surface area (Å²) in [4.78, 5) is 79.8. The predicted molar refractivity (Wildman–Crippen MR) is 91.7 cm³/mol. The zero-order chi connectivity index (χ0) is 23.1. The van der Waals surface area contributed by atoms with E-state index in [2.05, 4.69) is 13.6 Å². The van der Waals surface area contributed by atoms with Gasteiger partial charge in [0.2, 0.25) is 0 Å². The van der Waals surface area contributed by atoms with Gasteiger partial charge >= 0.3 is 29.2 Å². The summed E-state index contributed by atoms with van der Waals surface area (Å²) in [5.41, 5.74) is -2.42. The van der Waals surface area contributed by atoms with Gasteiger partial charge in [0.05, 0.1) is 12.2 Å². The van der Waals surface area contributed by atoms with Crippen LogP contribution in [0.15, 0.2) is 15.8 Å². The second-order valence-electron chi connectivity index (χ2n) is 5.96. The maximum Gasteiger partial charge on any atom is 0.470 e. The molecule has 30 heavy (non-hydrogen) atoms. The van der Waals surface area contributed by atoms with Crippen molar-refractivity contribution in [2.24, 2.45) is 7.05 Å². The first-order chi connectivity index (χ1) is 13.5. The zero-order valence-corrected chi connectivity index (χ0v) is 17.4. The third kappa shape index (κ3) is 7.00. The van der Waals surface area contributed by atoms with E-state index < -0.39 is 71.3 Å². The molecule has 0 saturated carbocycles. The average Bonchev–Trinajstić information content (AvgIpc) is 2.82. The van der Waals surface area contributed by atoms with Crippen LogP contribution in [0.4, 0.5) is 0 Å². The highest BCUT2D eigenvalue weighted by Crippen LogP contribution is 2.51. The van der Waals surface area contributed by atoms with Crippen molar-refractivity contribution in [1.82, 2.24) is 9.55 Å². The largest absolute Gasteiger partial charge is 0.470 e. The molecule has 7 N–H and O–H groups in total. The highest BCUT2D eigenvalue weighted by molar-refractivity contribution is 7.46. The van der Waals surface area contributed by atoms with Gasteiger partial charge in [-0.1, -0.05) is 0 Å². The molecule has 172 valence electrons. The Morgan fingerprint density at radius 2 is 1.53 bits per heavy atom. The van der Waals surface area contributed by atoms with Crippen molar-refractivity contribution in [2.75, 3.05) is 6.61 Å². The molecule has 17 nitrogen and oxygen atoms in total. The summed E-state index contributed by atoms with van der Waals surface area (Å²) in [6.45, 7) is -1.07.